The number of likely N-dealkylation sites (tertiary alicyclic amines) is 1. The van der Waals surface area contributed by atoms with E-state index in [1.54, 1.807) is 50.7 Å². The van der Waals surface area contributed by atoms with Crippen molar-refractivity contribution in [3.63, 3.8) is 0 Å². The number of carboxylic acid groups (broad SMARTS) is 1. The summed E-state index contributed by atoms with van der Waals surface area (Å²) in [7, 11) is 5.33. The number of nitrogens with zero attached hydrogens (tertiary/aromatic N) is 4. The van der Waals surface area contributed by atoms with Gasteiger partial charge in [-0.3, -0.25) is 34.2 Å². The Balaban J connectivity index is 1.92. The summed E-state index contributed by atoms with van der Waals surface area (Å²) in [4.78, 5) is 88.5. The molecule has 5 N–H and O–H groups in total. The van der Waals surface area contributed by atoms with E-state index in [1.807, 2.05) is 53.5 Å². The molecule has 0 bridgehead atoms. The van der Waals surface area contributed by atoms with Crippen LogP contribution >= 0.6 is 11.3 Å². The minimum absolute atomic E-state index is 0.0101. The number of carbonyl (C=O) groups is 6. The number of aliphatic hydroxyl groups is 1. The molecule has 67 heavy (non-hydrogen) atoms. The number of aliphatic hydroxyl groups excluding tert-OH is 1. The predicted molar refractivity (Wildman–Crippen MR) is 255 cm³/mol. The first-order valence-corrected chi connectivity index (χ1v) is 24.5. The lowest BCUT2D eigenvalue weighted by atomic mass is 9.92. The number of esters is 2. The van der Waals surface area contributed by atoms with Gasteiger partial charge in [0.1, 0.15) is 23.0 Å². The van der Waals surface area contributed by atoms with Crippen LogP contribution in [0.15, 0.2) is 29.6 Å². The number of nitrogens with one attached hydrogen (secondary N) is 3. The number of benzene rings is 1. The van der Waals surface area contributed by atoms with Crippen molar-refractivity contribution in [2.75, 3.05) is 47.5 Å². The monoisotopic (exact) mass is 960 g/mol. The molecule has 8 atom stereocenters. The third kappa shape index (κ3) is 18.4. The topological polar surface area (TPSA) is 229 Å². The van der Waals surface area contributed by atoms with E-state index in [0.29, 0.717) is 43.1 Å². The van der Waals surface area contributed by atoms with Crippen molar-refractivity contribution in [2.24, 2.45) is 23.7 Å². The lowest BCUT2D eigenvalue weighted by molar-refractivity contribution is -0.161. The molecule has 1 saturated heterocycles. The number of piperidine rings is 1. The van der Waals surface area contributed by atoms with Gasteiger partial charge in [0.25, 0.3) is 0 Å². The zero-order chi connectivity index (χ0) is 50.0. The van der Waals surface area contributed by atoms with Gasteiger partial charge in [0.2, 0.25) is 11.8 Å². The highest BCUT2D eigenvalue weighted by atomic mass is 32.1. The number of carboxylic acids is 1. The second kappa shape index (κ2) is 28.0. The molecule has 0 aliphatic carbocycles. The molecule has 1 aliphatic rings. The van der Waals surface area contributed by atoms with Crippen molar-refractivity contribution < 1.29 is 53.2 Å². The number of carbonyl (C=O) groups excluding carboxylic acids is 5. The maximum atomic E-state index is 14.9. The van der Waals surface area contributed by atoms with Gasteiger partial charge in [-0.1, -0.05) is 73.4 Å². The Morgan fingerprint density at radius 2 is 1.70 bits per heavy atom. The fraction of sp³-hybridized carbons (Fsp3) is 0.688. The van der Waals surface area contributed by atoms with Gasteiger partial charge < -0.3 is 44.9 Å². The van der Waals surface area contributed by atoms with Crippen molar-refractivity contribution in [3.8, 4) is 5.75 Å². The number of thiazole rings is 1. The van der Waals surface area contributed by atoms with Gasteiger partial charge in [-0.25, -0.2) is 9.78 Å². The molecule has 3 amide bonds. The van der Waals surface area contributed by atoms with Crippen LogP contribution in [0, 0.1) is 23.7 Å². The molecule has 2 heterocycles. The Labute approximate surface area is 400 Å². The van der Waals surface area contributed by atoms with Crippen molar-refractivity contribution in [2.45, 2.75) is 143 Å². The van der Waals surface area contributed by atoms with E-state index in [9.17, 15) is 39.0 Å². The number of hydrogen-bond donors (Lipinski definition) is 5. The summed E-state index contributed by atoms with van der Waals surface area (Å²) in [6.45, 7) is 15.7. The number of aliphatic carboxylic acids is 1. The van der Waals surface area contributed by atoms with Crippen molar-refractivity contribution in [1.82, 2.24) is 35.6 Å². The quantitative estimate of drug-likeness (QED) is 0.0550. The van der Waals surface area contributed by atoms with Crippen molar-refractivity contribution in [1.29, 1.82) is 0 Å². The van der Waals surface area contributed by atoms with E-state index >= 15 is 0 Å². The summed E-state index contributed by atoms with van der Waals surface area (Å²) in [5.41, 5.74) is 1.00. The standard InChI is InChI=1S/C48H77N7O11S/c1-12-31(6)42(52-44(59)38-15-13-14-21-53(38)10)46(60)55(28-64-41(57)23-29(2)3)39(30(4)5)26-40(65-33(8)56)45-51-37(27-67-45)43(58)50-35(24-32(7)47(61)62)25-34-16-18-36(19-17-34)66-48(63)54(11)22-20-49-9/h16-19,27,29-32,35,38-40,42-43,49-50,58H,12-15,20-26,28H2,1-11H3,(H,52,59)(H,61,62). The molecule has 376 valence electrons. The Morgan fingerprint density at radius 3 is 2.28 bits per heavy atom. The Kier molecular flexibility index (Phi) is 23.6. The Bertz CT molecular complexity index is 1900. The SMILES string of the molecule is CCC(C)C(NC(=O)C1CCCCN1C)C(=O)N(COC(=O)CC(C)C)C(CC(OC(C)=O)c1nc(C(O)NC(Cc2ccc(OC(=O)N(C)CCNC)cc2)CC(C)C(=O)O)cs1)C(C)C. The molecule has 0 spiro atoms. The summed E-state index contributed by atoms with van der Waals surface area (Å²) in [5.74, 6) is -3.70. The molecule has 1 aromatic heterocycles. The van der Waals surface area contributed by atoms with Gasteiger partial charge >= 0.3 is 24.0 Å². The van der Waals surface area contributed by atoms with Crippen LogP contribution < -0.4 is 20.7 Å². The summed E-state index contributed by atoms with van der Waals surface area (Å²) in [6, 6.07) is 4.29. The third-order valence-corrected chi connectivity index (χ3v) is 13.1. The molecule has 1 aromatic carbocycles. The van der Waals surface area contributed by atoms with E-state index in [-0.39, 0.29) is 54.7 Å². The van der Waals surface area contributed by atoms with Gasteiger partial charge in [-0.2, -0.15) is 0 Å². The average molecular weight is 960 g/mol. The van der Waals surface area contributed by atoms with Gasteiger partial charge in [-0.15, -0.1) is 11.3 Å². The average Bonchev–Trinajstić information content (AvgIpc) is 3.77. The number of amides is 3. The van der Waals surface area contributed by atoms with E-state index in [1.165, 1.54) is 16.7 Å². The first-order chi connectivity index (χ1) is 31.6. The fourth-order valence-corrected chi connectivity index (χ4v) is 8.78. The largest absolute Gasteiger partial charge is 0.481 e. The van der Waals surface area contributed by atoms with Crippen molar-refractivity contribution in [3.05, 3.63) is 45.9 Å². The first-order valence-electron chi connectivity index (χ1n) is 23.6. The highest BCUT2D eigenvalue weighted by molar-refractivity contribution is 7.09. The second-order valence-corrected chi connectivity index (χ2v) is 19.5. The molecule has 0 radical (unpaired) electrons. The van der Waals surface area contributed by atoms with Crippen LogP contribution in [-0.4, -0.2) is 137 Å². The molecule has 18 nitrogen and oxygen atoms in total. The van der Waals surface area contributed by atoms with Crippen LogP contribution in [0.5, 0.6) is 5.75 Å². The molecule has 2 aromatic rings. The van der Waals surface area contributed by atoms with E-state index in [2.05, 4.69) is 16.0 Å². The van der Waals surface area contributed by atoms with Crippen molar-refractivity contribution >= 4 is 47.2 Å². The summed E-state index contributed by atoms with van der Waals surface area (Å²) in [6.07, 6.45) is 0.926. The van der Waals surface area contributed by atoms with Crippen LogP contribution in [0.1, 0.15) is 129 Å². The number of rotatable bonds is 27. The zero-order valence-corrected chi connectivity index (χ0v) is 42.2. The molecular weight excluding hydrogens is 883 g/mol. The second-order valence-electron chi connectivity index (χ2n) is 18.7. The number of hydrogen-bond acceptors (Lipinski definition) is 15. The van der Waals surface area contributed by atoms with Crippen LogP contribution in [0.25, 0.3) is 0 Å². The minimum atomic E-state index is -1.36. The van der Waals surface area contributed by atoms with Crippen LogP contribution in [0.4, 0.5) is 4.79 Å². The predicted octanol–water partition coefficient (Wildman–Crippen LogP) is 5.51. The lowest BCUT2D eigenvalue weighted by Gasteiger charge is -2.39. The highest BCUT2D eigenvalue weighted by Gasteiger charge is 2.39. The summed E-state index contributed by atoms with van der Waals surface area (Å²) < 4.78 is 17.1. The summed E-state index contributed by atoms with van der Waals surface area (Å²) >= 11 is 1.15. The van der Waals surface area contributed by atoms with Crippen LogP contribution in [-0.2, 0) is 39.9 Å². The third-order valence-electron chi connectivity index (χ3n) is 12.2. The fourth-order valence-electron chi connectivity index (χ4n) is 7.90. The molecule has 3 rings (SSSR count). The molecule has 1 aliphatic heterocycles. The molecule has 19 heteroatoms. The van der Waals surface area contributed by atoms with E-state index in [0.717, 1.165) is 36.3 Å². The highest BCUT2D eigenvalue weighted by Crippen LogP contribution is 2.33. The van der Waals surface area contributed by atoms with Gasteiger partial charge in [0.05, 0.1) is 17.7 Å². The normalized spacial score (nSPS) is 17.4. The van der Waals surface area contributed by atoms with Crippen LogP contribution in [0.3, 0.4) is 0 Å². The molecule has 8 unspecified atom stereocenters. The molecule has 1 fully saturated rings. The smallest absolute Gasteiger partial charge is 0.415 e. The summed E-state index contributed by atoms with van der Waals surface area (Å²) in [5, 5.41) is 32.5. The number of likely N-dealkylation sites (N-methyl/N-ethyl adjacent to an activating group) is 3. The lowest BCUT2D eigenvalue weighted by Crippen LogP contribution is -2.59. The maximum Gasteiger partial charge on any atom is 0.415 e. The number of aromatic nitrogens is 1. The van der Waals surface area contributed by atoms with Gasteiger partial charge in [-0.05, 0) is 81.8 Å². The zero-order valence-electron chi connectivity index (χ0n) is 41.4. The van der Waals surface area contributed by atoms with Gasteiger partial charge in [0.15, 0.2) is 12.8 Å². The van der Waals surface area contributed by atoms with Crippen LogP contribution in [0.2, 0.25) is 0 Å². The Hall–Kier alpha value is -4.69. The van der Waals surface area contributed by atoms with E-state index in [4.69, 9.17) is 19.2 Å². The first kappa shape index (κ1) is 56.6. The molecule has 0 saturated carbocycles. The van der Waals surface area contributed by atoms with E-state index < -0.39 is 73.0 Å². The Morgan fingerprint density at radius 1 is 1.01 bits per heavy atom. The minimum Gasteiger partial charge on any atom is -0.481 e. The van der Waals surface area contributed by atoms with Gasteiger partial charge in [0, 0.05) is 57.4 Å². The molecular formula is C48H77N7O11S. The number of ether oxygens (including phenoxy) is 3. The maximum absolute atomic E-state index is 14.9.